The average molecular weight is 623 g/mol. The second kappa shape index (κ2) is 10.5. The van der Waals surface area contributed by atoms with Crippen molar-refractivity contribution in [2.24, 2.45) is 5.92 Å². The minimum atomic E-state index is -0.884. The summed E-state index contributed by atoms with van der Waals surface area (Å²) in [6, 6.07) is 9.68. The van der Waals surface area contributed by atoms with E-state index in [2.05, 4.69) is 31.0 Å². The van der Waals surface area contributed by atoms with E-state index < -0.39 is 17.5 Å². The molecule has 8 nitrogen and oxygen atoms in total. The summed E-state index contributed by atoms with van der Waals surface area (Å²) in [4.78, 5) is 18.7. The Morgan fingerprint density at radius 1 is 1.09 bits per heavy atom. The van der Waals surface area contributed by atoms with Gasteiger partial charge in [-0.05, 0) is 61.6 Å². The summed E-state index contributed by atoms with van der Waals surface area (Å²) in [7, 11) is 0. The molecular formula is C36H36F2N6O2. The molecule has 4 aromatic rings. The number of hydrogen-bond acceptors (Lipinski definition) is 8. The average Bonchev–Trinajstić information content (AvgIpc) is 3.79. The Labute approximate surface area is 266 Å². The van der Waals surface area contributed by atoms with Crippen LogP contribution < -0.4 is 15.0 Å². The minimum Gasteiger partial charge on any atom is -0.508 e. The van der Waals surface area contributed by atoms with Crippen molar-refractivity contribution in [2.75, 3.05) is 31.1 Å². The van der Waals surface area contributed by atoms with Crippen molar-refractivity contribution in [3.63, 3.8) is 0 Å². The molecule has 2 bridgehead atoms. The third-order valence-corrected chi connectivity index (χ3v) is 11.3. The topological polar surface area (TPSA) is 86.6 Å². The number of aromatic nitrogens is 3. The van der Waals surface area contributed by atoms with E-state index in [0.717, 1.165) is 38.8 Å². The van der Waals surface area contributed by atoms with E-state index >= 15 is 4.39 Å². The largest absolute Gasteiger partial charge is 0.508 e. The fraction of sp³-hybridized carbons (Fsp3) is 0.472. The molecule has 4 aliphatic heterocycles. The number of terminal acetylenes is 1. The van der Waals surface area contributed by atoms with Gasteiger partial charge in [0.2, 0.25) is 0 Å². The molecule has 6 atom stereocenters. The number of ether oxygens (including phenoxy) is 1. The molecule has 5 aliphatic rings. The highest BCUT2D eigenvalue weighted by Gasteiger charge is 2.58. The van der Waals surface area contributed by atoms with Crippen molar-refractivity contribution in [3.8, 4) is 35.4 Å². The van der Waals surface area contributed by atoms with Gasteiger partial charge in [0.1, 0.15) is 35.6 Å². The van der Waals surface area contributed by atoms with Crippen LogP contribution in [0.5, 0.6) is 11.8 Å². The molecule has 5 fully saturated rings. The van der Waals surface area contributed by atoms with Crippen LogP contribution in [0.3, 0.4) is 0 Å². The van der Waals surface area contributed by atoms with Gasteiger partial charge in [-0.1, -0.05) is 24.5 Å². The molecule has 2 aromatic heterocycles. The molecule has 0 spiro atoms. The van der Waals surface area contributed by atoms with Crippen molar-refractivity contribution in [3.05, 3.63) is 47.9 Å². The van der Waals surface area contributed by atoms with E-state index in [1.54, 1.807) is 18.3 Å². The number of aromatic hydroxyl groups is 1. The number of benzene rings is 2. The number of phenolic OH excluding ortho intramolecular Hbond substituents is 1. The monoisotopic (exact) mass is 622 g/mol. The Bertz CT molecular complexity index is 1920. The number of pyridine rings is 1. The van der Waals surface area contributed by atoms with Gasteiger partial charge in [-0.2, -0.15) is 9.97 Å². The van der Waals surface area contributed by atoms with E-state index in [-0.39, 0.29) is 29.6 Å². The third kappa shape index (κ3) is 4.35. The molecule has 4 saturated heterocycles. The summed E-state index contributed by atoms with van der Waals surface area (Å²) in [5, 5.41) is 16.1. The van der Waals surface area contributed by atoms with E-state index in [9.17, 15) is 9.50 Å². The highest BCUT2D eigenvalue weighted by Crippen LogP contribution is 2.52. The van der Waals surface area contributed by atoms with Crippen molar-refractivity contribution >= 4 is 27.5 Å². The number of rotatable bonds is 5. The van der Waals surface area contributed by atoms with Gasteiger partial charge in [0.15, 0.2) is 5.82 Å². The van der Waals surface area contributed by atoms with Crippen LogP contribution in [0.4, 0.5) is 14.6 Å². The molecule has 1 saturated carbocycles. The van der Waals surface area contributed by atoms with E-state index in [4.69, 9.17) is 16.1 Å². The second-order valence-electron chi connectivity index (χ2n) is 14.0. The Hall–Kier alpha value is -4.07. The summed E-state index contributed by atoms with van der Waals surface area (Å²) in [6.07, 6.45) is 13.5. The summed E-state index contributed by atoms with van der Waals surface area (Å²) in [5.74, 6) is 3.19. The minimum absolute atomic E-state index is 0.0190. The van der Waals surface area contributed by atoms with Crippen molar-refractivity contribution in [1.82, 2.24) is 25.2 Å². The molecule has 0 radical (unpaired) electrons. The van der Waals surface area contributed by atoms with Crippen molar-refractivity contribution in [1.29, 1.82) is 0 Å². The first kappa shape index (κ1) is 28.2. The fourth-order valence-electron chi connectivity index (χ4n) is 9.45. The van der Waals surface area contributed by atoms with Crippen LogP contribution in [-0.4, -0.2) is 81.0 Å². The second-order valence-corrected chi connectivity index (χ2v) is 14.0. The molecule has 2 N–H and O–H groups in total. The van der Waals surface area contributed by atoms with Crippen LogP contribution in [0.15, 0.2) is 36.5 Å². The lowest BCUT2D eigenvalue weighted by atomic mass is 9.89. The van der Waals surface area contributed by atoms with E-state index in [1.165, 1.54) is 18.9 Å². The van der Waals surface area contributed by atoms with E-state index in [0.29, 0.717) is 70.1 Å². The Kier molecular flexibility index (Phi) is 6.42. The molecular weight excluding hydrogens is 586 g/mol. The maximum Gasteiger partial charge on any atom is 0.319 e. The maximum absolute atomic E-state index is 16.9. The van der Waals surface area contributed by atoms with Gasteiger partial charge >= 0.3 is 6.01 Å². The number of nitrogens with zero attached hydrogens (tertiary/aromatic N) is 5. The number of nitrogens with one attached hydrogen (secondary N) is 1. The summed E-state index contributed by atoms with van der Waals surface area (Å²) < 4.78 is 38.2. The third-order valence-electron chi connectivity index (χ3n) is 11.3. The molecule has 10 heteroatoms. The first-order chi connectivity index (χ1) is 22.4. The van der Waals surface area contributed by atoms with Gasteiger partial charge in [-0.15, -0.1) is 6.42 Å². The summed E-state index contributed by atoms with van der Waals surface area (Å²) in [6.45, 7) is 2.18. The SMILES string of the molecule is C#Cc1cccc2cc(O)cc(-c3ncc4c(N5CC6CCC(C5)N6)nc(OC[C@]56C[C@H](F)CN5[C@H]5CCC[C@H]5C6)nc4c3F)c12. The van der Waals surface area contributed by atoms with Crippen LogP contribution >= 0.6 is 0 Å². The predicted octanol–water partition coefficient (Wildman–Crippen LogP) is 5.35. The number of anilines is 1. The first-order valence-electron chi connectivity index (χ1n) is 16.5. The van der Waals surface area contributed by atoms with Gasteiger partial charge < -0.3 is 20.1 Å². The van der Waals surface area contributed by atoms with Crippen LogP contribution in [0.1, 0.15) is 50.5 Å². The molecule has 9 rings (SSSR count). The Morgan fingerprint density at radius 2 is 1.93 bits per heavy atom. The van der Waals surface area contributed by atoms with Gasteiger partial charge in [0.25, 0.3) is 0 Å². The Morgan fingerprint density at radius 3 is 2.76 bits per heavy atom. The molecule has 46 heavy (non-hydrogen) atoms. The summed E-state index contributed by atoms with van der Waals surface area (Å²) >= 11 is 0. The van der Waals surface area contributed by atoms with Crippen molar-refractivity contribution in [2.45, 2.75) is 74.8 Å². The van der Waals surface area contributed by atoms with Gasteiger partial charge in [0.05, 0.1) is 10.9 Å². The number of fused-ring (bicyclic) bond motifs is 7. The standard InChI is InChI=1S/C36H36F2N6O2/c1-2-20-5-3-6-21-11-26(45)12-27(30(20)21)32-31(38)33-28(15-39-32)34(43-17-24-9-10-25(18-43)40-24)42-35(41-33)46-19-36-13-22-7-4-8-29(22)44(36)16-23(37)14-36/h1,3,5-6,11-12,15,22-25,29,40,45H,4,7-10,13-14,16-19H2/t22-,23-,24?,25?,29-,36-/m0/s1. The highest BCUT2D eigenvalue weighted by atomic mass is 19.1. The zero-order valence-corrected chi connectivity index (χ0v) is 25.6. The van der Waals surface area contributed by atoms with Crippen LogP contribution in [0.2, 0.25) is 0 Å². The molecule has 236 valence electrons. The summed E-state index contributed by atoms with van der Waals surface area (Å²) in [5.41, 5.74) is 0.702. The van der Waals surface area contributed by atoms with Crippen LogP contribution in [0, 0.1) is 24.1 Å². The molecule has 6 heterocycles. The fourth-order valence-corrected chi connectivity index (χ4v) is 9.45. The van der Waals surface area contributed by atoms with Gasteiger partial charge in [0, 0.05) is 66.9 Å². The molecule has 2 unspecified atom stereocenters. The van der Waals surface area contributed by atoms with Gasteiger partial charge in [-0.3, -0.25) is 9.88 Å². The molecule has 0 amide bonds. The first-order valence-corrected chi connectivity index (χ1v) is 16.5. The van der Waals surface area contributed by atoms with Crippen molar-refractivity contribution < 1.29 is 18.6 Å². The molecule has 2 aromatic carbocycles. The van der Waals surface area contributed by atoms with Crippen LogP contribution in [0.25, 0.3) is 32.9 Å². The Balaban J connectivity index is 1.16. The maximum atomic E-state index is 16.9. The lowest BCUT2D eigenvalue weighted by molar-refractivity contribution is 0.0832. The predicted molar refractivity (Wildman–Crippen MR) is 172 cm³/mol. The normalized spacial score (nSPS) is 30.2. The number of halogens is 2. The number of phenols is 1. The molecule has 1 aliphatic carbocycles. The van der Waals surface area contributed by atoms with E-state index in [1.807, 2.05) is 12.1 Å². The number of piperazine rings is 1. The lowest BCUT2D eigenvalue weighted by Gasteiger charge is -2.35. The number of hydrogen-bond donors (Lipinski definition) is 2. The highest BCUT2D eigenvalue weighted by molar-refractivity contribution is 6.02. The lowest BCUT2D eigenvalue weighted by Crippen LogP contribution is -2.51. The zero-order valence-electron chi connectivity index (χ0n) is 25.6. The smallest absolute Gasteiger partial charge is 0.319 e. The van der Waals surface area contributed by atoms with Gasteiger partial charge in [-0.25, -0.2) is 8.78 Å². The van der Waals surface area contributed by atoms with Crippen LogP contribution in [-0.2, 0) is 0 Å². The zero-order chi connectivity index (χ0) is 31.2. The quantitative estimate of drug-likeness (QED) is 0.289. The number of alkyl halides is 1.